The zero-order chi connectivity index (χ0) is 12.5. The van der Waals surface area contributed by atoms with E-state index in [-0.39, 0.29) is 4.83 Å². The predicted molar refractivity (Wildman–Crippen MR) is 84.0 cm³/mol. The van der Waals surface area contributed by atoms with Crippen LogP contribution in [0.25, 0.3) is 10.8 Å². The van der Waals surface area contributed by atoms with E-state index in [1.54, 1.807) is 11.3 Å². The van der Waals surface area contributed by atoms with E-state index in [1.165, 1.54) is 21.2 Å². The number of hydrogen-bond donors (Lipinski definition) is 0. The first-order valence-electron chi connectivity index (χ1n) is 5.62. The molecule has 0 aliphatic rings. The molecule has 0 aliphatic heterocycles. The Morgan fingerprint density at radius 3 is 2.44 bits per heavy atom. The zero-order valence-electron chi connectivity index (χ0n) is 9.44. The van der Waals surface area contributed by atoms with Crippen molar-refractivity contribution in [2.75, 3.05) is 0 Å². The van der Waals surface area contributed by atoms with Crippen molar-refractivity contribution >= 4 is 49.6 Å². The summed E-state index contributed by atoms with van der Waals surface area (Å²) in [6.07, 6.45) is 0. The van der Waals surface area contributed by atoms with Crippen LogP contribution in [0.15, 0.2) is 54.6 Å². The van der Waals surface area contributed by atoms with Crippen LogP contribution in [-0.2, 0) is 0 Å². The third-order valence-electron chi connectivity index (χ3n) is 2.91. The van der Waals surface area contributed by atoms with Crippen LogP contribution in [0.1, 0.15) is 15.3 Å². The van der Waals surface area contributed by atoms with Gasteiger partial charge in [0.15, 0.2) is 0 Å². The van der Waals surface area contributed by atoms with Gasteiger partial charge < -0.3 is 0 Å². The Balaban J connectivity index is 2.03. The Labute approximate surface area is 123 Å². The molecule has 0 spiro atoms. The summed E-state index contributed by atoms with van der Waals surface area (Å²) >= 11 is 11.3. The number of thiophene rings is 1. The first-order valence-corrected chi connectivity index (χ1v) is 7.73. The molecule has 0 aliphatic carbocycles. The van der Waals surface area contributed by atoms with E-state index in [1.807, 2.05) is 6.07 Å². The van der Waals surface area contributed by atoms with Gasteiger partial charge in [-0.05, 0) is 34.5 Å². The van der Waals surface area contributed by atoms with E-state index in [0.29, 0.717) is 0 Å². The second-order valence-electron chi connectivity index (χ2n) is 4.11. The number of alkyl halides is 1. The van der Waals surface area contributed by atoms with Crippen molar-refractivity contribution in [1.82, 2.24) is 0 Å². The van der Waals surface area contributed by atoms with Crippen molar-refractivity contribution in [3.8, 4) is 0 Å². The lowest BCUT2D eigenvalue weighted by Gasteiger charge is -2.09. The SMILES string of the molecule is Clc1ccc(C(Br)c2ccc3ccccc3c2)s1. The van der Waals surface area contributed by atoms with Gasteiger partial charge in [0.25, 0.3) is 0 Å². The van der Waals surface area contributed by atoms with Crippen molar-refractivity contribution in [1.29, 1.82) is 0 Å². The number of fused-ring (bicyclic) bond motifs is 1. The standard InChI is InChI=1S/C15H10BrClS/c16-15(13-7-8-14(17)18-13)12-6-5-10-3-1-2-4-11(10)9-12/h1-9,15H. The Morgan fingerprint density at radius 2 is 1.72 bits per heavy atom. The lowest BCUT2D eigenvalue weighted by atomic mass is 10.0. The summed E-state index contributed by atoms with van der Waals surface area (Å²) in [5.41, 5.74) is 1.26. The summed E-state index contributed by atoms with van der Waals surface area (Å²) < 4.78 is 0.829. The van der Waals surface area contributed by atoms with Gasteiger partial charge in [-0.25, -0.2) is 0 Å². The van der Waals surface area contributed by atoms with E-state index in [4.69, 9.17) is 11.6 Å². The fraction of sp³-hybridized carbons (Fsp3) is 0.0667. The molecule has 0 N–H and O–H groups in total. The first kappa shape index (κ1) is 12.2. The summed E-state index contributed by atoms with van der Waals surface area (Å²) in [5.74, 6) is 0. The molecular formula is C15H10BrClS. The van der Waals surface area contributed by atoms with E-state index in [0.717, 1.165) is 4.34 Å². The van der Waals surface area contributed by atoms with Crippen LogP contribution in [0.5, 0.6) is 0 Å². The molecule has 1 heterocycles. The molecule has 0 bridgehead atoms. The molecule has 1 unspecified atom stereocenters. The third kappa shape index (κ3) is 2.33. The van der Waals surface area contributed by atoms with Gasteiger partial charge >= 0.3 is 0 Å². The molecule has 0 nitrogen and oxygen atoms in total. The van der Waals surface area contributed by atoms with Crippen LogP contribution in [-0.4, -0.2) is 0 Å². The normalized spacial score (nSPS) is 12.8. The van der Waals surface area contributed by atoms with Crippen LogP contribution < -0.4 is 0 Å². The molecule has 0 fully saturated rings. The summed E-state index contributed by atoms with van der Waals surface area (Å²) in [7, 11) is 0. The van der Waals surface area contributed by atoms with E-state index < -0.39 is 0 Å². The fourth-order valence-corrected chi connectivity index (χ4v) is 3.78. The van der Waals surface area contributed by atoms with Crippen LogP contribution in [0.2, 0.25) is 4.34 Å². The van der Waals surface area contributed by atoms with Gasteiger partial charge in [0.2, 0.25) is 0 Å². The maximum absolute atomic E-state index is 5.98. The van der Waals surface area contributed by atoms with Crippen molar-refractivity contribution in [2.45, 2.75) is 4.83 Å². The average Bonchev–Trinajstić information content (AvgIpc) is 2.84. The molecule has 0 radical (unpaired) electrons. The van der Waals surface area contributed by atoms with Gasteiger partial charge in [-0.2, -0.15) is 0 Å². The molecular weight excluding hydrogens is 328 g/mol. The molecule has 3 aromatic rings. The Bertz CT molecular complexity index is 690. The second kappa shape index (κ2) is 5.04. The third-order valence-corrected chi connectivity index (χ3v) is 5.53. The van der Waals surface area contributed by atoms with Crippen molar-refractivity contribution in [2.24, 2.45) is 0 Å². The molecule has 2 aromatic carbocycles. The lowest BCUT2D eigenvalue weighted by molar-refractivity contribution is 1.23. The van der Waals surface area contributed by atoms with Gasteiger partial charge in [0.05, 0.1) is 9.16 Å². The summed E-state index contributed by atoms with van der Waals surface area (Å²) in [4.78, 5) is 1.44. The topological polar surface area (TPSA) is 0 Å². The molecule has 0 amide bonds. The van der Waals surface area contributed by atoms with Gasteiger partial charge in [-0.15, -0.1) is 11.3 Å². The van der Waals surface area contributed by atoms with Gasteiger partial charge in [0.1, 0.15) is 0 Å². The van der Waals surface area contributed by atoms with Gasteiger partial charge in [-0.3, -0.25) is 0 Å². The molecule has 3 rings (SSSR count). The number of benzene rings is 2. The van der Waals surface area contributed by atoms with Gasteiger partial charge in [-0.1, -0.05) is 63.9 Å². The van der Waals surface area contributed by atoms with Crippen LogP contribution in [0.4, 0.5) is 0 Å². The van der Waals surface area contributed by atoms with Crippen molar-refractivity contribution in [3.05, 3.63) is 69.4 Å². The lowest BCUT2D eigenvalue weighted by Crippen LogP contribution is -1.89. The minimum absolute atomic E-state index is 0.208. The monoisotopic (exact) mass is 336 g/mol. The Kier molecular flexibility index (Phi) is 3.42. The molecule has 18 heavy (non-hydrogen) atoms. The molecule has 0 saturated heterocycles. The Hall–Kier alpha value is -0.830. The minimum atomic E-state index is 0.208. The quantitative estimate of drug-likeness (QED) is 0.500. The van der Waals surface area contributed by atoms with E-state index in [9.17, 15) is 0 Å². The maximum atomic E-state index is 5.98. The molecule has 0 saturated carbocycles. The number of halogens is 2. The van der Waals surface area contributed by atoms with E-state index >= 15 is 0 Å². The van der Waals surface area contributed by atoms with Crippen molar-refractivity contribution in [3.63, 3.8) is 0 Å². The Morgan fingerprint density at radius 1 is 0.944 bits per heavy atom. The average molecular weight is 338 g/mol. The van der Waals surface area contributed by atoms with Crippen LogP contribution in [0.3, 0.4) is 0 Å². The molecule has 3 heteroatoms. The zero-order valence-corrected chi connectivity index (χ0v) is 12.6. The number of rotatable bonds is 2. The van der Waals surface area contributed by atoms with Crippen molar-refractivity contribution < 1.29 is 0 Å². The molecule has 1 atom stereocenters. The fourth-order valence-electron chi connectivity index (χ4n) is 1.99. The van der Waals surface area contributed by atoms with E-state index in [2.05, 4.69) is 64.5 Å². The summed E-state index contributed by atoms with van der Waals surface area (Å²) in [6.45, 7) is 0. The maximum Gasteiger partial charge on any atom is 0.0931 e. The predicted octanol–water partition coefficient (Wildman–Crippen LogP) is 6.04. The second-order valence-corrected chi connectivity index (χ2v) is 6.77. The molecule has 90 valence electrons. The largest absolute Gasteiger partial charge is 0.127 e. The summed E-state index contributed by atoms with van der Waals surface area (Å²) in [6, 6.07) is 19.0. The number of hydrogen-bond acceptors (Lipinski definition) is 1. The smallest absolute Gasteiger partial charge is 0.0931 e. The highest BCUT2D eigenvalue weighted by molar-refractivity contribution is 9.09. The van der Waals surface area contributed by atoms with Gasteiger partial charge in [0, 0.05) is 4.88 Å². The highest BCUT2D eigenvalue weighted by Gasteiger charge is 2.12. The highest BCUT2D eigenvalue weighted by Crippen LogP contribution is 2.37. The van der Waals surface area contributed by atoms with Crippen LogP contribution >= 0.6 is 38.9 Å². The highest BCUT2D eigenvalue weighted by atomic mass is 79.9. The molecule has 1 aromatic heterocycles. The minimum Gasteiger partial charge on any atom is -0.127 e. The first-order chi connectivity index (χ1) is 8.74. The summed E-state index contributed by atoms with van der Waals surface area (Å²) in [5, 5.41) is 2.53. The van der Waals surface area contributed by atoms with Crippen LogP contribution in [0, 0.1) is 0 Å².